The van der Waals surface area contributed by atoms with Crippen LogP contribution in [0, 0.1) is 12.8 Å². The molecule has 2 fully saturated rings. The van der Waals surface area contributed by atoms with Gasteiger partial charge in [-0.3, -0.25) is 9.59 Å². The number of rotatable bonds is 5. The summed E-state index contributed by atoms with van der Waals surface area (Å²) in [7, 11) is 0. The Morgan fingerprint density at radius 1 is 1.07 bits per heavy atom. The number of hydrogen-bond acceptors (Lipinski definition) is 5. The highest BCUT2D eigenvalue weighted by Crippen LogP contribution is 2.29. The van der Waals surface area contributed by atoms with Crippen LogP contribution in [0.15, 0.2) is 39.8 Å². The summed E-state index contributed by atoms with van der Waals surface area (Å²) in [5, 5.41) is 3.92. The van der Waals surface area contributed by atoms with Gasteiger partial charge in [-0.2, -0.15) is 0 Å². The number of amides is 2. The number of piperidine rings is 2. The second-order valence-electron chi connectivity index (χ2n) is 8.17. The number of nitrogens with zero attached hydrogens (tertiary/aromatic N) is 3. The summed E-state index contributed by atoms with van der Waals surface area (Å²) in [5.41, 5.74) is 1.58. The van der Waals surface area contributed by atoms with Crippen LogP contribution in [0.5, 0.6) is 0 Å². The molecule has 0 aliphatic carbocycles. The average molecular weight is 428 g/mol. The molecule has 0 radical (unpaired) electrons. The third-order valence-electron chi connectivity index (χ3n) is 5.96. The zero-order valence-electron chi connectivity index (χ0n) is 17.5. The van der Waals surface area contributed by atoms with Crippen LogP contribution in [0.4, 0.5) is 0 Å². The van der Waals surface area contributed by atoms with Crippen molar-refractivity contribution >= 4 is 23.6 Å². The molecule has 1 aromatic carbocycles. The Kier molecular flexibility index (Phi) is 6.77. The average Bonchev–Trinajstić information content (AvgIpc) is 3.22. The van der Waals surface area contributed by atoms with E-state index in [-0.39, 0.29) is 11.8 Å². The van der Waals surface area contributed by atoms with Crippen molar-refractivity contribution in [2.24, 2.45) is 5.92 Å². The second kappa shape index (κ2) is 9.69. The molecule has 2 aliphatic heterocycles. The molecule has 160 valence electrons. The van der Waals surface area contributed by atoms with E-state index in [1.807, 2.05) is 47.1 Å². The van der Waals surface area contributed by atoms with Crippen molar-refractivity contribution in [1.82, 2.24) is 15.0 Å². The molecule has 30 heavy (non-hydrogen) atoms. The minimum atomic E-state index is 0.0516. The van der Waals surface area contributed by atoms with Gasteiger partial charge in [-0.25, -0.2) is 0 Å². The third kappa shape index (κ3) is 4.89. The SMILES string of the molecule is Cc1cc(CSc2ccccc2C(=O)N2CCC(C(=O)N3CCCCC3)CC2)on1. The second-order valence-corrected chi connectivity index (χ2v) is 9.19. The van der Waals surface area contributed by atoms with Gasteiger partial charge in [0.2, 0.25) is 5.91 Å². The molecular weight excluding hydrogens is 398 g/mol. The van der Waals surface area contributed by atoms with Gasteiger partial charge in [-0.05, 0) is 51.2 Å². The van der Waals surface area contributed by atoms with Gasteiger partial charge in [0.25, 0.3) is 5.91 Å². The highest BCUT2D eigenvalue weighted by atomic mass is 32.2. The van der Waals surface area contributed by atoms with Gasteiger partial charge in [-0.15, -0.1) is 11.8 Å². The molecule has 2 aliphatic rings. The fourth-order valence-electron chi connectivity index (χ4n) is 4.27. The summed E-state index contributed by atoms with van der Waals surface area (Å²) in [6.45, 7) is 4.97. The topological polar surface area (TPSA) is 66.7 Å². The monoisotopic (exact) mass is 427 g/mol. The normalized spacial score (nSPS) is 17.9. The smallest absolute Gasteiger partial charge is 0.254 e. The molecule has 4 rings (SSSR count). The maximum absolute atomic E-state index is 13.2. The van der Waals surface area contributed by atoms with Gasteiger partial charge >= 0.3 is 0 Å². The largest absolute Gasteiger partial charge is 0.360 e. The fraction of sp³-hybridized carbons (Fsp3) is 0.522. The van der Waals surface area contributed by atoms with E-state index in [4.69, 9.17) is 4.52 Å². The van der Waals surface area contributed by atoms with Crippen LogP contribution < -0.4 is 0 Å². The zero-order valence-corrected chi connectivity index (χ0v) is 18.3. The number of likely N-dealkylation sites (tertiary alicyclic amines) is 2. The summed E-state index contributed by atoms with van der Waals surface area (Å²) in [5.74, 6) is 1.84. The maximum atomic E-state index is 13.2. The first-order valence-electron chi connectivity index (χ1n) is 10.8. The Hall–Kier alpha value is -2.28. The lowest BCUT2D eigenvalue weighted by Crippen LogP contribution is -2.45. The first kappa shape index (κ1) is 21.0. The minimum absolute atomic E-state index is 0.0516. The molecule has 7 heteroatoms. The number of benzene rings is 1. The molecular formula is C23H29N3O3S. The highest BCUT2D eigenvalue weighted by molar-refractivity contribution is 7.98. The number of carbonyl (C=O) groups is 2. The predicted octanol–water partition coefficient (Wildman–Crippen LogP) is 4.14. The predicted molar refractivity (Wildman–Crippen MR) is 116 cm³/mol. The number of hydrogen-bond donors (Lipinski definition) is 0. The lowest BCUT2D eigenvalue weighted by Gasteiger charge is -2.35. The van der Waals surface area contributed by atoms with Crippen LogP contribution >= 0.6 is 11.8 Å². The summed E-state index contributed by atoms with van der Waals surface area (Å²) in [6, 6.07) is 9.65. The minimum Gasteiger partial charge on any atom is -0.360 e. The molecule has 0 saturated carbocycles. The Morgan fingerprint density at radius 3 is 2.50 bits per heavy atom. The van der Waals surface area contributed by atoms with Crippen LogP contribution in [0.25, 0.3) is 0 Å². The van der Waals surface area contributed by atoms with Crippen LogP contribution in [0.3, 0.4) is 0 Å². The van der Waals surface area contributed by atoms with Crippen molar-refractivity contribution in [3.8, 4) is 0 Å². The molecule has 3 heterocycles. The van der Waals surface area contributed by atoms with E-state index < -0.39 is 0 Å². The van der Waals surface area contributed by atoms with Crippen molar-refractivity contribution in [1.29, 1.82) is 0 Å². The first-order chi connectivity index (χ1) is 14.6. The van der Waals surface area contributed by atoms with E-state index in [1.165, 1.54) is 6.42 Å². The molecule has 6 nitrogen and oxygen atoms in total. The van der Waals surface area contributed by atoms with E-state index in [1.54, 1.807) is 11.8 Å². The molecule has 2 amide bonds. The van der Waals surface area contributed by atoms with Gasteiger partial charge in [0.05, 0.1) is 17.0 Å². The van der Waals surface area contributed by atoms with Crippen molar-refractivity contribution in [2.75, 3.05) is 26.2 Å². The Bertz CT molecular complexity index is 883. The molecule has 0 unspecified atom stereocenters. The lowest BCUT2D eigenvalue weighted by molar-refractivity contribution is -0.137. The Labute approximate surface area is 182 Å². The molecule has 2 aromatic rings. The summed E-state index contributed by atoms with van der Waals surface area (Å²) < 4.78 is 5.28. The zero-order chi connectivity index (χ0) is 20.9. The Morgan fingerprint density at radius 2 is 1.80 bits per heavy atom. The number of thioether (sulfide) groups is 1. The summed E-state index contributed by atoms with van der Waals surface area (Å²) in [6.07, 6.45) is 4.97. The highest BCUT2D eigenvalue weighted by Gasteiger charge is 2.31. The summed E-state index contributed by atoms with van der Waals surface area (Å²) in [4.78, 5) is 30.9. The fourth-order valence-corrected chi connectivity index (χ4v) is 5.19. The lowest BCUT2D eigenvalue weighted by atomic mass is 9.94. The van der Waals surface area contributed by atoms with Crippen molar-refractivity contribution < 1.29 is 14.1 Å². The van der Waals surface area contributed by atoms with Crippen LogP contribution in [-0.4, -0.2) is 52.9 Å². The first-order valence-corrected chi connectivity index (χ1v) is 11.8. The molecule has 1 aromatic heterocycles. The van der Waals surface area contributed by atoms with E-state index in [2.05, 4.69) is 5.16 Å². The van der Waals surface area contributed by atoms with Crippen LogP contribution in [0.2, 0.25) is 0 Å². The standard InChI is InChI=1S/C23H29N3O3S/c1-17-15-19(29-24-17)16-30-21-8-4-3-7-20(21)23(28)26-13-9-18(10-14-26)22(27)25-11-5-2-6-12-25/h3-4,7-8,15,18H,2,5-6,9-14,16H2,1H3. The van der Waals surface area contributed by atoms with Gasteiger partial charge in [-0.1, -0.05) is 17.3 Å². The quantitative estimate of drug-likeness (QED) is 0.671. The molecule has 0 spiro atoms. The van der Waals surface area contributed by atoms with Gasteiger partial charge in [0.1, 0.15) is 5.76 Å². The van der Waals surface area contributed by atoms with E-state index in [0.717, 1.165) is 60.7 Å². The van der Waals surface area contributed by atoms with Gasteiger partial charge in [0.15, 0.2) is 0 Å². The van der Waals surface area contributed by atoms with Gasteiger partial charge < -0.3 is 14.3 Å². The molecule has 0 atom stereocenters. The van der Waals surface area contributed by atoms with Crippen molar-refractivity contribution in [3.63, 3.8) is 0 Å². The van der Waals surface area contributed by atoms with Crippen molar-refractivity contribution in [2.45, 2.75) is 49.7 Å². The molecule has 0 N–H and O–H groups in total. The molecule has 2 saturated heterocycles. The molecule has 0 bridgehead atoms. The Balaban J connectivity index is 1.35. The van der Waals surface area contributed by atoms with E-state index in [9.17, 15) is 9.59 Å². The van der Waals surface area contributed by atoms with Crippen LogP contribution in [0.1, 0.15) is 53.9 Å². The van der Waals surface area contributed by atoms with E-state index in [0.29, 0.717) is 24.7 Å². The van der Waals surface area contributed by atoms with Gasteiger partial charge in [0, 0.05) is 43.1 Å². The number of carbonyl (C=O) groups excluding carboxylic acids is 2. The van der Waals surface area contributed by atoms with Crippen molar-refractivity contribution in [3.05, 3.63) is 47.3 Å². The number of aryl methyl sites for hydroxylation is 1. The third-order valence-corrected chi connectivity index (χ3v) is 7.06. The van der Waals surface area contributed by atoms with E-state index >= 15 is 0 Å². The number of aromatic nitrogens is 1. The van der Waals surface area contributed by atoms with Crippen LogP contribution in [-0.2, 0) is 10.5 Å². The summed E-state index contributed by atoms with van der Waals surface area (Å²) >= 11 is 1.59. The maximum Gasteiger partial charge on any atom is 0.254 e.